The van der Waals surface area contributed by atoms with Gasteiger partial charge in [-0.05, 0) is 29.8 Å². The lowest BCUT2D eigenvalue weighted by Gasteiger charge is -2.36. The Hall–Kier alpha value is -1.78. The Morgan fingerprint density at radius 2 is 1.86 bits per heavy atom. The lowest BCUT2D eigenvalue weighted by atomic mass is 9.84. The van der Waals surface area contributed by atoms with E-state index in [4.69, 9.17) is 0 Å². The van der Waals surface area contributed by atoms with Crippen LogP contribution in [0, 0.1) is 5.82 Å². The molecule has 1 aromatic heterocycles. The van der Waals surface area contributed by atoms with Gasteiger partial charge >= 0.3 is 0 Å². The highest BCUT2D eigenvalue weighted by Gasteiger charge is 2.36. The van der Waals surface area contributed by atoms with E-state index in [0.29, 0.717) is 18.4 Å². The molecule has 0 spiro atoms. The van der Waals surface area contributed by atoms with Gasteiger partial charge in [-0.2, -0.15) is 0 Å². The number of hydrogen-bond acceptors (Lipinski definition) is 2. The molecule has 0 radical (unpaired) electrons. The molecule has 3 rings (SSSR count). The molecule has 0 saturated carbocycles. The molecule has 1 aliphatic heterocycles. The van der Waals surface area contributed by atoms with E-state index >= 15 is 0 Å². The predicted octanol–water partition coefficient (Wildman–Crippen LogP) is 1.29. The molecule has 0 unspecified atom stereocenters. The van der Waals surface area contributed by atoms with Gasteiger partial charge in [-0.1, -0.05) is 12.1 Å². The number of hydrogen-bond donors (Lipinski definition) is 2. The Labute approximate surface area is 124 Å². The summed E-state index contributed by atoms with van der Waals surface area (Å²) in [5.41, 5.74) is 1.07. The number of benzene rings is 1. The summed E-state index contributed by atoms with van der Waals surface area (Å²) in [4.78, 5) is 5.47. The number of pyridine rings is 1. The van der Waals surface area contributed by atoms with E-state index in [-0.39, 0.29) is 5.82 Å². The first kappa shape index (κ1) is 14.2. The molecule has 0 amide bonds. The molecule has 1 fully saturated rings. The van der Waals surface area contributed by atoms with Gasteiger partial charge in [-0.3, -0.25) is 4.98 Å². The lowest BCUT2D eigenvalue weighted by molar-refractivity contribution is -0.921. The molecule has 1 aromatic carbocycles. The molecule has 0 atom stereocenters. The van der Waals surface area contributed by atoms with Crippen molar-refractivity contribution in [2.75, 3.05) is 13.1 Å². The van der Waals surface area contributed by atoms with E-state index in [1.54, 1.807) is 6.07 Å². The normalized spacial score (nSPS) is 25.7. The van der Waals surface area contributed by atoms with E-state index in [1.165, 1.54) is 22.6 Å². The van der Waals surface area contributed by atoms with E-state index in [2.05, 4.69) is 4.98 Å². The Morgan fingerprint density at radius 1 is 1.14 bits per heavy atom. The molecule has 1 aliphatic rings. The van der Waals surface area contributed by atoms with Crippen LogP contribution < -0.4 is 4.90 Å². The minimum Gasteiger partial charge on any atom is -0.385 e. The second kappa shape index (κ2) is 5.92. The molecule has 110 valence electrons. The van der Waals surface area contributed by atoms with Gasteiger partial charge in [0, 0.05) is 30.8 Å². The first-order valence-electron chi connectivity index (χ1n) is 7.37. The molecule has 0 aliphatic carbocycles. The molecule has 2 aromatic rings. The van der Waals surface area contributed by atoms with E-state index < -0.39 is 5.60 Å². The van der Waals surface area contributed by atoms with E-state index in [1.807, 2.05) is 30.6 Å². The summed E-state index contributed by atoms with van der Waals surface area (Å²) >= 11 is 0. The van der Waals surface area contributed by atoms with Crippen LogP contribution in [0.2, 0.25) is 0 Å². The summed E-state index contributed by atoms with van der Waals surface area (Å²) in [5.74, 6) is -0.285. The van der Waals surface area contributed by atoms with Crippen molar-refractivity contribution in [3.05, 3.63) is 65.7 Å². The van der Waals surface area contributed by atoms with Crippen LogP contribution >= 0.6 is 0 Å². The molecule has 2 heterocycles. The van der Waals surface area contributed by atoms with Gasteiger partial charge in [-0.25, -0.2) is 4.39 Å². The number of aliphatic hydroxyl groups is 1. The van der Waals surface area contributed by atoms with Crippen LogP contribution in [0.15, 0.2) is 48.8 Å². The van der Waals surface area contributed by atoms with Crippen LogP contribution in [0.3, 0.4) is 0 Å². The average molecular weight is 287 g/mol. The SMILES string of the molecule is OC1(c2cccc(F)c2)CC[NH+](Cc2ccncc2)CC1. The summed E-state index contributed by atoms with van der Waals surface area (Å²) in [5, 5.41) is 10.8. The Balaban J connectivity index is 1.64. The van der Waals surface area contributed by atoms with Crippen molar-refractivity contribution in [2.45, 2.75) is 25.0 Å². The number of rotatable bonds is 3. The maximum absolute atomic E-state index is 13.3. The molecular formula is C17H20FN2O+. The van der Waals surface area contributed by atoms with Crippen molar-refractivity contribution >= 4 is 0 Å². The van der Waals surface area contributed by atoms with Gasteiger partial charge in [0.2, 0.25) is 0 Å². The highest BCUT2D eigenvalue weighted by molar-refractivity contribution is 5.23. The number of piperidine rings is 1. The summed E-state index contributed by atoms with van der Waals surface area (Å²) in [6.45, 7) is 2.71. The number of nitrogens with one attached hydrogen (secondary N) is 1. The zero-order chi connectivity index (χ0) is 14.7. The maximum atomic E-state index is 13.3. The lowest BCUT2D eigenvalue weighted by Crippen LogP contribution is -3.12. The monoisotopic (exact) mass is 287 g/mol. The third kappa shape index (κ3) is 3.28. The third-order valence-corrected chi connectivity index (χ3v) is 4.35. The second-order valence-corrected chi connectivity index (χ2v) is 5.82. The first-order valence-corrected chi connectivity index (χ1v) is 7.37. The smallest absolute Gasteiger partial charge is 0.123 e. The second-order valence-electron chi connectivity index (χ2n) is 5.82. The van der Waals surface area contributed by atoms with Crippen LogP contribution in [0.5, 0.6) is 0 Å². The minimum absolute atomic E-state index is 0.285. The van der Waals surface area contributed by atoms with Gasteiger partial charge < -0.3 is 10.0 Å². The zero-order valence-corrected chi connectivity index (χ0v) is 11.9. The van der Waals surface area contributed by atoms with E-state index in [0.717, 1.165) is 19.6 Å². The molecule has 3 nitrogen and oxygen atoms in total. The summed E-state index contributed by atoms with van der Waals surface area (Å²) in [7, 11) is 0. The Morgan fingerprint density at radius 3 is 2.52 bits per heavy atom. The van der Waals surface area contributed by atoms with Crippen molar-refractivity contribution in [1.82, 2.24) is 4.98 Å². The average Bonchev–Trinajstić information content (AvgIpc) is 2.51. The maximum Gasteiger partial charge on any atom is 0.123 e. The van der Waals surface area contributed by atoms with Gasteiger partial charge in [0.05, 0.1) is 13.1 Å². The van der Waals surface area contributed by atoms with Crippen molar-refractivity contribution in [3.63, 3.8) is 0 Å². The Bertz CT molecular complexity index is 595. The van der Waals surface area contributed by atoms with Crippen molar-refractivity contribution in [2.24, 2.45) is 0 Å². The van der Waals surface area contributed by atoms with Crippen LogP contribution in [0.1, 0.15) is 24.0 Å². The van der Waals surface area contributed by atoms with Crippen molar-refractivity contribution in [3.8, 4) is 0 Å². The molecule has 0 bridgehead atoms. The highest BCUT2D eigenvalue weighted by atomic mass is 19.1. The molecule has 4 heteroatoms. The van der Waals surface area contributed by atoms with Crippen LogP contribution in [-0.2, 0) is 12.1 Å². The number of aromatic nitrogens is 1. The Kier molecular flexibility index (Phi) is 3.99. The largest absolute Gasteiger partial charge is 0.385 e. The van der Waals surface area contributed by atoms with Crippen LogP contribution in [0.25, 0.3) is 0 Å². The predicted molar refractivity (Wildman–Crippen MR) is 78.2 cm³/mol. The summed E-state index contributed by atoms with van der Waals surface area (Å²) in [6, 6.07) is 10.4. The molecule has 1 saturated heterocycles. The van der Waals surface area contributed by atoms with E-state index in [9.17, 15) is 9.50 Å². The first-order chi connectivity index (χ1) is 10.2. The fraction of sp³-hybridized carbons (Fsp3) is 0.353. The molecule has 2 N–H and O–H groups in total. The van der Waals surface area contributed by atoms with Crippen LogP contribution in [0.4, 0.5) is 4.39 Å². The fourth-order valence-corrected chi connectivity index (χ4v) is 3.05. The topological polar surface area (TPSA) is 37.6 Å². The van der Waals surface area contributed by atoms with Crippen molar-refractivity contribution in [1.29, 1.82) is 0 Å². The molecule has 21 heavy (non-hydrogen) atoms. The zero-order valence-electron chi connectivity index (χ0n) is 11.9. The van der Waals surface area contributed by atoms with Crippen molar-refractivity contribution < 1.29 is 14.4 Å². The minimum atomic E-state index is -0.885. The summed E-state index contributed by atoms with van der Waals surface area (Å²) < 4.78 is 13.3. The number of halogens is 1. The van der Waals surface area contributed by atoms with Gasteiger partial charge in [0.1, 0.15) is 18.0 Å². The number of likely N-dealkylation sites (tertiary alicyclic amines) is 1. The third-order valence-electron chi connectivity index (χ3n) is 4.35. The van der Waals surface area contributed by atoms with Gasteiger partial charge in [0.25, 0.3) is 0 Å². The molecular weight excluding hydrogens is 267 g/mol. The van der Waals surface area contributed by atoms with Crippen LogP contribution in [-0.4, -0.2) is 23.2 Å². The standard InChI is InChI=1S/C17H19FN2O/c18-16-3-1-2-15(12-16)17(21)6-10-20(11-7-17)13-14-4-8-19-9-5-14/h1-5,8-9,12,21H,6-7,10-11,13H2/p+1. The number of quaternary nitrogens is 1. The quantitative estimate of drug-likeness (QED) is 0.892. The highest BCUT2D eigenvalue weighted by Crippen LogP contribution is 2.29. The number of nitrogens with zero attached hydrogens (tertiary/aromatic N) is 1. The van der Waals surface area contributed by atoms with Gasteiger partial charge in [-0.15, -0.1) is 0 Å². The van der Waals surface area contributed by atoms with Gasteiger partial charge in [0.15, 0.2) is 0 Å². The summed E-state index contributed by atoms with van der Waals surface area (Å²) in [6.07, 6.45) is 4.94. The fourth-order valence-electron chi connectivity index (χ4n) is 3.05.